The molecule has 0 aromatic rings. The first-order valence-electron chi connectivity index (χ1n) is 4.60. The van der Waals surface area contributed by atoms with E-state index < -0.39 is 0 Å². The smallest absolute Gasteiger partial charge is 0.0587 e. The molecule has 0 spiro atoms. The zero-order valence-electron chi connectivity index (χ0n) is 8.58. The fraction of sp³-hybridized carbons (Fsp3) is 0.800. The van der Waals surface area contributed by atoms with E-state index in [2.05, 4.69) is 0 Å². The monoisotopic (exact) mass is 181 g/mol. The molecule has 1 aliphatic carbocycles. The lowest BCUT2D eigenvalue weighted by Crippen LogP contribution is -2.22. The van der Waals surface area contributed by atoms with E-state index in [9.17, 15) is 0 Å². The number of rotatable bonds is 0. The second-order valence-electron chi connectivity index (χ2n) is 2.85. The van der Waals surface area contributed by atoms with Gasteiger partial charge in [-0.2, -0.15) is 10.5 Å². The predicted molar refractivity (Wildman–Crippen MR) is 53.6 cm³/mol. The number of nitriles is 2. The minimum Gasteiger partial charge on any atom is -0.328 e. The van der Waals surface area contributed by atoms with Gasteiger partial charge in [0.15, 0.2) is 0 Å². The Labute approximate surface area is 81.2 Å². The molecule has 2 N–H and O–H groups in total. The van der Waals surface area contributed by atoms with Crippen molar-refractivity contribution < 1.29 is 0 Å². The summed E-state index contributed by atoms with van der Waals surface area (Å²) in [6.07, 6.45) is 6.66. The van der Waals surface area contributed by atoms with Crippen molar-refractivity contribution in [3.63, 3.8) is 0 Å². The predicted octanol–water partition coefficient (Wildman–Crippen LogP) is 2.34. The van der Waals surface area contributed by atoms with Gasteiger partial charge in [-0.1, -0.05) is 19.3 Å². The maximum atomic E-state index is 7.32. The lowest BCUT2D eigenvalue weighted by atomic mass is 9.97. The van der Waals surface area contributed by atoms with Crippen LogP contribution in [0.15, 0.2) is 0 Å². The van der Waals surface area contributed by atoms with Gasteiger partial charge in [0.05, 0.1) is 12.1 Å². The maximum Gasteiger partial charge on any atom is 0.0587 e. The molecule has 0 aliphatic heterocycles. The summed E-state index contributed by atoms with van der Waals surface area (Å²) in [7, 11) is 0. The Kier molecular flexibility index (Phi) is 15.0. The van der Waals surface area contributed by atoms with Crippen LogP contribution in [0.1, 0.15) is 46.0 Å². The van der Waals surface area contributed by atoms with Crippen molar-refractivity contribution in [3.8, 4) is 12.1 Å². The molecule has 74 valence electrons. The molecule has 0 saturated heterocycles. The maximum absolute atomic E-state index is 7.32. The molecule has 13 heavy (non-hydrogen) atoms. The van der Waals surface area contributed by atoms with Gasteiger partial charge in [0.1, 0.15) is 0 Å². The molecule has 1 saturated carbocycles. The summed E-state index contributed by atoms with van der Waals surface area (Å²) in [5.41, 5.74) is 5.63. The van der Waals surface area contributed by atoms with Crippen LogP contribution in [0, 0.1) is 22.7 Å². The molecule has 0 amide bonds. The van der Waals surface area contributed by atoms with Crippen LogP contribution in [0.5, 0.6) is 0 Å². The van der Waals surface area contributed by atoms with Crippen molar-refractivity contribution in [1.82, 2.24) is 0 Å². The van der Waals surface area contributed by atoms with Crippen molar-refractivity contribution in [2.24, 2.45) is 5.73 Å². The third kappa shape index (κ3) is 18.2. The second kappa shape index (κ2) is 13.5. The zero-order chi connectivity index (χ0) is 10.5. The highest BCUT2D eigenvalue weighted by Gasteiger charge is 2.06. The highest BCUT2D eigenvalue weighted by Crippen LogP contribution is 2.14. The summed E-state index contributed by atoms with van der Waals surface area (Å²) >= 11 is 0. The van der Waals surface area contributed by atoms with Gasteiger partial charge in [-0.25, -0.2) is 0 Å². The standard InChI is InChI=1S/C6H13N.2C2H3N/c7-6-4-2-1-3-5-6;2*1-2-3/h6H,1-5,7H2;2*1H3. The Morgan fingerprint density at radius 3 is 1.46 bits per heavy atom. The molecule has 1 fully saturated rings. The summed E-state index contributed by atoms with van der Waals surface area (Å²) in [4.78, 5) is 0. The molecular weight excluding hydrogens is 162 g/mol. The van der Waals surface area contributed by atoms with Gasteiger partial charge in [0, 0.05) is 19.9 Å². The van der Waals surface area contributed by atoms with Crippen LogP contribution < -0.4 is 5.73 Å². The lowest BCUT2D eigenvalue weighted by molar-refractivity contribution is 0.441. The van der Waals surface area contributed by atoms with E-state index in [1.54, 1.807) is 12.1 Å². The third-order valence-electron chi connectivity index (χ3n) is 1.65. The van der Waals surface area contributed by atoms with Gasteiger partial charge < -0.3 is 5.73 Å². The van der Waals surface area contributed by atoms with Crippen LogP contribution in [0.2, 0.25) is 0 Å². The molecule has 1 aliphatic rings. The second-order valence-corrected chi connectivity index (χ2v) is 2.85. The van der Waals surface area contributed by atoms with Crippen LogP contribution in [0.25, 0.3) is 0 Å². The summed E-state index contributed by atoms with van der Waals surface area (Å²) in [5, 5.41) is 14.6. The van der Waals surface area contributed by atoms with E-state index in [1.165, 1.54) is 46.0 Å². The van der Waals surface area contributed by atoms with Crippen molar-refractivity contribution in [3.05, 3.63) is 0 Å². The van der Waals surface area contributed by atoms with Gasteiger partial charge >= 0.3 is 0 Å². The first-order chi connectivity index (χ1) is 6.22. The van der Waals surface area contributed by atoms with Crippen molar-refractivity contribution in [1.29, 1.82) is 10.5 Å². The summed E-state index contributed by atoms with van der Waals surface area (Å²) < 4.78 is 0. The number of nitrogens with zero attached hydrogens (tertiary/aromatic N) is 2. The summed E-state index contributed by atoms with van der Waals surface area (Å²) in [5.74, 6) is 0. The van der Waals surface area contributed by atoms with Crippen molar-refractivity contribution in [2.45, 2.75) is 52.0 Å². The van der Waals surface area contributed by atoms with E-state index in [0.717, 1.165) is 0 Å². The normalized spacial score (nSPS) is 14.8. The van der Waals surface area contributed by atoms with Crippen LogP contribution in [0.3, 0.4) is 0 Å². The molecule has 0 radical (unpaired) electrons. The molecule has 0 aromatic carbocycles. The lowest BCUT2D eigenvalue weighted by Gasteiger charge is -2.15. The molecule has 0 aromatic heterocycles. The molecule has 0 unspecified atom stereocenters. The van der Waals surface area contributed by atoms with E-state index in [-0.39, 0.29) is 0 Å². The van der Waals surface area contributed by atoms with Gasteiger partial charge in [-0.3, -0.25) is 0 Å². The van der Waals surface area contributed by atoms with Gasteiger partial charge in [0.2, 0.25) is 0 Å². The Morgan fingerprint density at radius 2 is 1.31 bits per heavy atom. The average Bonchev–Trinajstić information content (AvgIpc) is 2.08. The van der Waals surface area contributed by atoms with E-state index in [1.807, 2.05) is 0 Å². The first kappa shape index (κ1) is 14.5. The molecule has 3 nitrogen and oxygen atoms in total. The number of nitrogens with two attached hydrogens (primary N) is 1. The Hall–Kier alpha value is -1.06. The fourth-order valence-electron chi connectivity index (χ4n) is 1.13. The van der Waals surface area contributed by atoms with E-state index in [4.69, 9.17) is 16.3 Å². The fourth-order valence-corrected chi connectivity index (χ4v) is 1.13. The van der Waals surface area contributed by atoms with E-state index >= 15 is 0 Å². The Bertz CT molecular complexity index is 146. The molecule has 0 atom stereocenters. The Balaban J connectivity index is 0. The molecule has 0 heterocycles. The highest BCUT2D eigenvalue weighted by molar-refractivity contribution is 4.66. The average molecular weight is 181 g/mol. The number of hydrogen-bond donors (Lipinski definition) is 1. The summed E-state index contributed by atoms with van der Waals surface area (Å²) in [6, 6.07) is 4.04. The molecule has 0 bridgehead atoms. The molecule has 1 rings (SSSR count). The largest absolute Gasteiger partial charge is 0.328 e. The highest BCUT2D eigenvalue weighted by atomic mass is 14.6. The molecule has 3 heteroatoms. The van der Waals surface area contributed by atoms with Gasteiger partial charge in [-0.15, -0.1) is 0 Å². The molecular formula is C10H19N3. The Morgan fingerprint density at radius 1 is 1.00 bits per heavy atom. The van der Waals surface area contributed by atoms with Gasteiger partial charge in [-0.05, 0) is 12.8 Å². The quantitative estimate of drug-likeness (QED) is 0.623. The number of hydrogen-bond acceptors (Lipinski definition) is 3. The van der Waals surface area contributed by atoms with Crippen molar-refractivity contribution >= 4 is 0 Å². The van der Waals surface area contributed by atoms with Crippen molar-refractivity contribution in [2.75, 3.05) is 0 Å². The SMILES string of the molecule is CC#N.CC#N.NC1CCCCC1. The van der Waals surface area contributed by atoms with E-state index in [0.29, 0.717) is 6.04 Å². The third-order valence-corrected chi connectivity index (χ3v) is 1.65. The van der Waals surface area contributed by atoms with Gasteiger partial charge in [0.25, 0.3) is 0 Å². The van der Waals surface area contributed by atoms with Crippen LogP contribution in [-0.2, 0) is 0 Å². The zero-order valence-corrected chi connectivity index (χ0v) is 8.58. The minimum absolute atomic E-state index is 0.536. The minimum atomic E-state index is 0.536. The first-order valence-corrected chi connectivity index (χ1v) is 4.60. The summed E-state index contributed by atoms with van der Waals surface area (Å²) in [6.45, 7) is 2.86. The van der Waals surface area contributed by atoms with Crippen LogP contribution >= 0.6 is 0 Å². The topological polar surface area (TPSA) is 73.6 Å². The van der Waals surface area contributed by atoms with Crippen LogP contribution in [-0.4, -0.2) is 6.04 Å². The van der Waals surface area contributed by atoms with Crippen LogP contribution in [0.4, 0.5) is 0 Å².